The van der Waals surface area contributed by atoms with Gasteiger partial charge < -0.3 is 25.6 Å². The molecule has 1 aliphatic rings. The fourth-order valence-electron chi connectivity index (χ4n) is 3.25. The number of hydrogen-bond donors (Lipinski definition) is 3. The normalized spacial score (nSPS) is 18.9. The third-order valence-corrected chi connectivity index (χ3v) is 5.10. The molecule has 5 nitrogen and oxygen atoms in total. The molecule has 0 aromatic heterocycles. The molecule has 0 amide bonds. The highest BCUT2D eigenvalue weighted by Gasteiger charge is 2.32. The van der Waals surface area contributed by atoms with Crippen molar-refractivity contribution in [1.29, 1.82) is 0 Å². The maximum absolute atomic E-state index is 13.2. The van der Waals surface area contributed by atoms with Crippen LogP contribution in [0.5, 0.6) is 5.75 Å². The second kappa shape index (κ2) is 10.4. The van der Waals surface area contributed by atoms with E-state index in [1.54, 1.807) is 6.08 Å². The van der Waals surface area contributed by atoms with Gasteiger partial charge in [-0.15, -0.1) is 0 Å². The summed E-state index contributed by atoms with van der Waals surface area (Å²) < 4.78 is 45.0. The minimum Gasteiger partial charge on any atom is -0.491 e. The number of piperidine rings is 1. The summed E-state index contributed by atoms with van der Waals surface area (Å²) in [7, 11) is 0. The van der Waals surface area contributed by atoms with Gasteiger partial charge >= 0.3 is 6.18 Å². The van der Waals surface area contributed by atoms with E-state index in [-0.39, 0.29) is 18.9 Å². The molecular formula is C21H31F3N2O3. The van der Waals surface area contributed by atoms with E-state index in [1.807, 2.05) is 17.9 Å². The lowest BCUT2D eigenvalue weighted by molar-refractivity contribution is -0.137. The smallest absolute Gasteiger partial charge is 0.416 e. The number of ether oxygens (including phenoxy) is 1. The molecule has 1 saturated heterocycles. The van der Waals surface area contributed by atoms with Crippen molar-refractivity contribution < 1.29 is 28.1 Å². The molecule has 164 valence electrons. The van der Waals surface area contributed by atoms with Gasteiger partial charge in [-0.05, 0) is 43.0 Å². The van der Waals surface area contributed by atoms with Crippen molar-refractivity contribution in [2.75, 3.05) is 32.8 Å². The molecule has 1 aromatic carbocycles. The maximum atomic E-state index is 13.2. The van der Waals surface area contributed by atoms with E-state index in [4.69, 9.17) is 10.5 Å². The summed E-state index contributed by atoms with van der Waals surface area (Å²) in [6.45, 7) is 3.60. The average molecular weight is 416 g/mol. The SMILES string of the molecule is CCC/C=C/c1cc(OCC(O)CN2CCC(O)(CN)CC2)cc(C(F)(F)F)c1. The van der Waals surface area contributed by atoms with Crippen molar-refractivity contribution in [2.45, 2.75) is 50.5 Å². The Hall–Kier alpha value is -1.61. The molecule has 0 saturated carbocycles. The van der Waals surface area contributed by atoms with Gasteiger partial charge in [-0.3, -0.25) is 0 Å². The van der Waals surface area contributed by atoms with Crippen molar-refractivity contribution in [3.63, 3.8) is 0 Å². The Morgan fingerprint density at radius 2 is 1.97 bits per heavy atom. The molecule has 1 unspecified atom stereocenters. The standard InChI is InChI=1S/C21H31F3N2O3/c1-2-3-4-5-16-10-17(21(22,23)24)12-19(11-16)29-14-18(27)13-26-8-6-20(28,15-25)7-9-26/h4-5,10-12,18,27-28H,2-3,6-9,13-15,25H2,1H3/b5-4+. The number of nitrogens with zero attached hydrogens (tertiary/aromatic N) is 1. The first kappa shape index (κ1) is 23.7. The number of nitrogens with two attached hydrogens (primary N) is 1. The van der Waals surface area contributed by atoms with Crippen molar-refractivity contribution >= 4 is 6.08 Å². The van der Waals surface area contributed by atoms with Crippen molar-refractivity contribution in [3.8, 4) is 5.75 Å². The summed E-state index contributed by atoms with van der Waals surface area (Å²) in [5.41, 5.74) is 4.35. The molecule has 8 heteroatoms. The highest BCUT2D eigenvalue weighted by atomic mass is 19.4. The molecule has 0 spiro atoms. The fourth-order valence-corrected chi connectivity index (χ4v) is 3.25. The van der Waals surface area contributed by atoms with E-state index in [2.05, 4.69) is 0 Å². The third-order valence-electron chi connectivity index (χ3n) is 5.10. The van der Waals surface area contributed by atoms with Crippen LogP contribution in [0, 0.1) is 0 Å². The van der Waals surface area contributed by atoms with Crippen molar-refractivity contribution in [2.24, 2.45) is 5.73 Å². The number of β-amino-alcohol motifs (C(OH)–C–C–N with tert-alkyl or cyclic N) is 1. The predicted molar refractivity (Wildman–Crippen MR) is 107 cm³/mol. The zero-order chi connectivity index (χ0) is 21.5. The molecule has 29 heavy (non-hydrogen) atoms. The molecule has 1 fully saturated rings. The zero-order valence-electron chi connectivity index (χ0n) is 16.8. The second-order valence-electron chi connectivity index (χ2n) is 7.67. The minimum absolute atomic E-state index is 0.0752. The van der Waals surface area contributed by atoms with Gasteiger partial charge in [0.2, 0.25) is 0 Å². The lowest BCUT2D eigenvalue weighted by Crippen LogP contribution is -2.50. The summed E-state index contributed by atoms with van der Waals surface area (Å²) in [5, 5.41) is 20.4. The first-order chi connectivity index (χ1) is 13.6. The molecular weight excluding hydrogens is 385 g/mol. The van der Waals surface area contributed by atoms with E-state index in [0.717, 1.165) is 25.0 Å². The number of allylic oxidation sites excluding steroid dienone is 1. The van der Waals surface area contributed by atoms with Crippen LogP contribution in [0.25, 0.3) is 6.08 Å². The Labute approximate surface area is 170 Å². The Bertz CT molecular complexity index is 672. The largest absolute Gasteiger partial charge is 0.491 e. The Morgan fingerprint density at radius 3 is 2.55 bits per heavy atom. The maximum Gasteiger partial charge on any atom is 0.416 e. The molecule has 1 heterocycles. The Morgan fingerprint density at radius 1 is 1.28 bits per heavy atom. The molecule has 1 aromatic rings. The van der Waals surface area contributed by atoms with Gasteiger partial charge in [0.05, 0.1) is 11.2 Å². The molecule has 0 radical (unpaired) electrons. The van der Waals surface area contributed by atoms with Crippen LogP contribution in [0.15, 0.2) is 24.3 Å². The molecule has 1 aliphatic heterocycles. The first-order valence-corrected chi connectivity index (χ1v) is 10.00. The summed E-state index contributed by atoms with van der Waals surface area (Å²) in [6, 6.07) is 3.57. The zero-order valence-corrected chi connectivity index (χ0v) is 16.8. The van der Waals surface area contributed by atoms with E-state index in [9.17, 15) is 23.4 Å². The molecule has 4 N–H and O–H groups in total. The van der Waals surface area contributed by atoms with E-state index >= 15 is 0 Å². The lowest BCUT2D eigenvalue weighted by Gasteiger charge is -2.38. The van der Waals surface area contributed by atoms with Crippen LogP contribution in [-0.4, -0.2) is 59.6 Å². The quantitative estimate of drug-likeness (QED) is 0.577. The molecule has 2 rings (SSSR count). The van der Waals surface area contributed by atoms with Gasteiger partial charge in [0.1, 0.15) is 18.5 Å². The van der Waals surface area contributed by atoms with Gasteiger partial charge in [-0.1, -0.05) is 25.5 Å². The van der Waals surface area contributed by atoms with Crippen LogP contribution in [0.2, 0.25) is 0 Å². The summed E-state index contributed by atoms with van der Waals surface area (Å²) in [5.74, 6) is 0.0752. The molecule has 0 aliphatic carbocycles. The fraction of sp³-hybridized carbons (Fsp3) is 0.619. The van der Waals surface area contributed by atoms with E-state index in [0.29, 0.717) is 38.0 Å². The number of aliphatic hydroxyl groups excluding tert-OH is 1. The van der Waals surface area contributed by atoms with Gasteiger partial charge in [0.25, 0.3) is 0 Å². The van der Waals surface area contributed by atoms with Gasteiger partial charge in [0, 0.05) is 26.2 Å². The van der Waals surface area contributed by atoms with Crippen LogP contribution in [0.4, 0.5) is 13.2 Å². The summed E-state index contributed by atoms with van der Waals surface area (Å²) in [6.07, 6.45) is 0.883. The number of alkyl halides is 3. The number of halogens is 3. The predicted octanol–water partition coefficient (Wildman–Crippen LogP) is 3.04. The Balaban J connectivity index is 1.95. The lowest BCUT2D eigenvalue weighted by atomic mass is 9.91. The molecule has 0 bridgehead atoms. The highest BCUT2D eigenvalue weighted by Crippen LogP contribution is 2.33. The van der Waals surface area contributed by atoms with Crippen LogP contribution >= 0.6 is 0 Å². The number of benzene rings is 1. The number of unbranched alkanes of at least 4 members (excludes halogenated alkanes) is 1. The van der Waals surface area contributed by atoms with Crippen molar-refractivity contribution in [3.05, 3.63) is 35.4 Å². The van der Waals surface area contributed by atoms with Crippen LogP contribution in [-0.2, 0) is 6.18 Å². The van der Waals surface area contributed by atoms with Gasteiger partial charge in [0.15, 0.2) is 0 Å². The summed E-state index contributed by atoms with van der Waals surface area (Å²) in [4.78, 5) is 1.99. The monoisotopic (exact) mass is 416 g/mol. The topological polar surface area (TPSA) is 79.0 Å². The van der Waals surface area contributed by atoms with Gasteiger partial charge in [-0.25, -0.2) is 0 Å². The van der Waals surface area contributed by atoms with Crippen LogP contribution in [0.3, 0.4) is 0 Å². The number of rotatable bonds is 9. The summed E-state index contributed by atoms with van der Waals surface area (Å²) >= 11 is 0. The number of hydrogen-bond acceptors (Lipinski definition) is 5. The first-order valence-electron chi connectivity index (χ1n) is 10.00. The minimum atomic E-state index is -4.47. The van der Waals surface area contributed by atoms with Crippen LogP contribution < -0.4 is 10.5 Å². The highest BCUT2D eigenvalue weighted by molar-refractivity contribution is 5.54. The Kier molecular flexibility index (Phi) is 8.51. The van der Waals surface area contributed by atoms with E-state index in [1.165, 1.54) is 6.07 Å². The van der Waals surface area contributed by atoms with Gasteiger partial charge in [-0.2, -0.15) is 13.2 Å². The average Bonchev–Trinajstić information content (AvgIpc) is 2.68. The second-order valence-corrected chi connectivity index (χ2v) is 7.67. The van der Waals surface area contributed by atoms with Crippen LogP contribution in [0.1, 0.15) is 43.7 Å². The third kappa shape index (κ3) is 7.62. The number of likely N-dealkylation sites (tertiary alicyclic amines) is 1. The molecule has 1 atom stereocenters. The van der Waals surface area contributed by atoms with Crippen molar-refractivity contribution in [1.82, 2.24) is 4.90 Å². The number of aliphatic hydroxyl groups is 2. The van der Waals surface area contributed by atoms with E-state index < -0.39 is 23.4 Å².